The second kappa shape index (κ2) is 6.51. The summed E-state index contributed by atoms with van der Waals surface area (Å²) in [6.07, 6.45) is 0. The number of nitrogens with one attached hydrogen (secondary N) is 1. The first-order valence-electron chi connectivity index (χ1n) is 8.18. The predicted octanol–water partition coefficient (Wildman–Crippen LogP) is 4.40. The predicted molar refractivity (Wildman–Crippen MR) is 104 cm³/mol. The normalized spacial score (nSPS) is 11.6. The highest BCUT2D eigenvalue weighted by Gasteiger charge is 2.18. The SMILES string of the molecule is COc1ccc(S(=O)(=O)Nc2ccc3c(c2)oc2ccccc23)cc1OC. The number of para-hydroxylation sites is 1. The van der Waals surface area contributed by atoms with Crippen LogP contribution in [0.3, 0.4) is 0 Å². The Bertz CT molecular complexity index is 1240. The number of hydrogen-bond donors (Lipinski definition) is 1. The van der Waals surface area contributed by atoms with Crippen LogP contribution < -0.4 is 14.2 Å². The fraction of sp³-hybridized carbons (Fsp3) is 0.100. The van der Waals surface area contributed by atoms with Crippen molar-refractivity contribution in [1.82, 2.24) is 0 Å². The van der Waals surface area contributed by atoms with Gasteiger partial charge in [0.1, 0.15) is 11.2 Å². The van der Waals surface area contributed by atoms with Gasteiger partial charge in [-0.3, -0.25) is 4.72 Å². The van der Waals surface area contributed by atoms with E-state index < -0.39 is 10.0 Å². The second-order valence-electron chi connectivity index (χ2n) is 5.93. The van der Waals surface area contributed by atoms with Gasteiger partial charge in [-0.2, -0.15) is 0 Å². The number of rotatable bonds is 5. The van der Waals surface area contributed by atoms with Crippen LogP contribution in [0, 0.1) is 0 Å². The van der Waals surface area contributed by atoms with E-state index >= 15 is 0 Å². The Morgan fingerprint density at radius 3 is 2.33 bits per heavy atom. The van der Waals surface area contributed by atoms with Crippen LogP contribution >= 0.6 is 0 Å². The van der Waals surface area contributed by atoms with E-state index in [1.54, 1.807) is 18.2 Å². The van der Waals surface area contributed by atoms with Gasteiger partial charge in [0.05, 0.1) is 24.8 Å². The molecule has 27 heavy (non-hydrogen) atoms. The topological polar surface area (TPSA) is 77.8 Å². The third-order valence-electron chi connectivity index (χ3n) is 4.30. The standard InChI is InChI=1S/C20H17NO5S/c1-24-18-10-8-14(12-20(18)25-2)27(22,23)21-13-7-9-16-15-5-3-4-6-17(15)26-19(16)11-13/h3-12,21H,1-2H3. The zero-order valence-electron chi connectivity index (χ0n) is 14.7. The van der Waals surface area contributed by atoms with Gasteiger partial charge in [-0.15, -0.1) is 0 Å². The molecule has 0 fully saturated rings. The Morgan fingerprint density at radius 1 is 0.815 bits per heavy atom. The average Bonchev–Trinajstić information content (AvgIpc) is 3.04. The molecule has 0 unspecified atom stereocenters. The summed E-state index contributed by atoms with van der Waals surface area (Å²) in [5.41, 5.74) is 1.78. The van der Waals surface area contributed by atoms with Crippen molar-refractivity contribution in [2.24, 2.45) is 0 Å². The molecular weight excluding hydrogens is 366 g/mol. The van der Waals surface area contributed by atoms with E-state index in [4.69, 9.17) is 13.9 Å². The minimum atomic E-state index is -3.80. The number of methoxy groups -OCH3 is 2. The van der Waals surface area contributed by atoms with Crippen LogP contribution in [-0.4, -0.2) is 22.6 Å². The number of furan rings is 1. The zero-order chi connectivity index (χ0) is 19.0. The summed E-state index contributed by atoms with van der Waals surface area (Å²) >= 11 is 0. The number of ether oxygens (including phenoxy) is 2. The molecule has 1 heterocycles. The first-order valence-corrected chi connectivity index (χ1v) is 9.66. The number of sulfonamides is 1. The van der Waals surface area contributed by atoms with Crippen molar-refractivity contribution in [1.29, 1.82) is 0 Å². The third kappa shape index (κ3) is 3.06. The van der Waals surface area contributed by atoms with Crippen molar-refractivity contribution in [3.8, 4) is 11.5 Å². The van der Waals surface area contributed by atoms with Crippen LogP contribution in [0.4, 0.5) is 5.69 Å². The summed E-state index contributed by atoms with van der Waals surface area (Å²) in [7, 11) is -0.848. The third-order valence-corrected chi connectivity index (χ3v) is 5.68. The van der Waals surface area contributed by atoms with Crippen LogP contribution in [0.15, 0.2) is 70.0 Å². The fourth-order valence-electron chi connectivity index (χ4n) is 2.99. The molecule has 4 aromatic rings. The molecule has 0 aliphatic carbocycles. The molecule has 138 valence electrons. The molecule has 0 bridgehead atoms. The first-order chi connectivity index (χ1) is 13.0. The molecule has 1 N–H and O–H groups in total. The number of anilines is 1. The van der Waals surface area contributed by atoms with Gasteiger partial charge in [0, 0.05) is 22.9 Å². The Balaban J connectivity index is 1.71. The van der Waals surface area contributed by atoms with Gasteiger partial charge < -0.3 is 13.9 Å². The lowest BCUT2D eigenvalue weighted by atomic mass is 10.1. The maximum Gasteiger partial charge on any atom is 0.262 e. The summed E-state index contributed by atoms with van der Waals surface area (Å²) in [6, 6.07) is 17.3. The first kappa shape index (κ1) is 17.2. The molecule has 0 amide bonds. The van der Waals surface area contributed by atoms with Crippen LogP contribution in [-0.2, 0) is 10.0 Å². The lowest BCUT2D eigenvalue weighted by molar-refractivity contribution is 0.354. The van der Waals surface area contributed by atoms with Crippen LogP contribution in [0.5, 0.6) is 11.5 Å². The van der Waals surface area contributed by atoms with Gasteiger partial charge >= 0.3 is 0 Å². The Morgan fingerprint density at radius 2 is 1.56 bits per heavy atom. The van der Waals surface area contributed by atoms with Crippen LogP contribution in [0.2, 0.25) is 0 Å². The summed E-state index contributed by atoms with van der Waals surface area (Å²) in [4.78, 5) is 0.0739. The minimum absolute atomic E-state index is 0.0739. The molecule has 7 heteroatoms. The van der Waals surface area contributed by atoms with Crippen molar-refractivity contribution in [3.63, 3.8) is 0 Å². The zero-order valence-corrected chi connectivity index (χ0v) is 15.5. The largest absolute Gasteiger partial charge is 0.493 e. The van der Waals surface area contributed by atoms with E-state index in [1.807, 2.05) is 30.3 Å². The quantitative estimate of drug-likeness (QED) is 0.552. The van der Waals surface area contributed by atoms with E-state index in [0.29, 0.717) is 22.8 Å². The molecule has 0 radical (unpaired) electrons. The van der Waals surface area contributed by atoms with Gasteiger partial charge in [0.15, 0.2) is 11.5 Å². The summed E-state index contributed by atoms with van der Waals surface area (Å²) < 4.78 is 44.2. The molecule has 4 rings (SSSR count). The van der Waals surface area contributed by atoms with E-state index in [0.717, 1.165) is 16.4 Å². The van der Waals surface area contributed by atoms with Crippen molar-refractivity contribution in [3.05, 3.63) is 60.7 Å². The summed E-state index contributed by atoms with van der Waals surface area (Å²) in [5, 5.41) is 1.92. The molecule has 6 nitrogen and oxygen atoms in total. The van der Waals surface area contributed by atoms with E-state index in [9.17, 15) is 8.42 Å². The Labute approximate surface area is 156 Å². The highest BCUT2D eigenvalue weighted by Crippen LogP contribution is 2.32. The maximum absolute atomic E-state index is 12.7. The fourth-order valence-corrected chi connectivity index (χ4v) is 4.05. The second-order valence-corrected chi connectivity index (χ2v) is 7.61. The molecule has 0 atom stereocenters. The highest BCUT2D eigenvalue weighted by molar-refractivity contribution is 7.92. The Hall–Kier alpha value is -3.19. The van der Waals surface area contributed by atoms with E-state index in [1.165, 1.54) is 26.4 Å². The average molecular weight is 383 g/mol. The summed E-state index contributed by atoms with van der Waals surface area (Å²) in [5.74, 6) is 0.799. The molecule has 0 aliphatic rings. The maximum atomic E-state index is 12.7. The minimum Gasteiger partial charge on any atom is -0.493 e. The van der Waals surface area contributed by atoms with Crippen molar-refractivity contribution >= 4 is 37.6 Å². The molecule has 3 aromatic carbocycles. The molecule has 1 aromatic heterocycles. The van der Waals surface area contributed by atoms with Crippen molar-refractivity contribution in [2.75, 3.05) is 18.9 Å². The van der Waals surface area contributed by atoms with Gasteiger partial charge in [-0.1, -0.05) is 18.2 Å². The Kier molecular flexibility index (Phi) is 4.16. The van der Waals surface area contributed by atoms with Crippen LogP contribution in [0.1, 0.15) is 0 Å². The van der Waals surface area contributed by atoms with E-state index in [-0.39, 0.29) is 4.90 Å². The lowest BCUT2D eigenvalue weighted by Crippen LogP contribution is -2.13. The van der Waals surface area contributed by atoms with Crippen LogP contribution in [0.25, 0.3) is 21.9 Å². The molecule has 0 saturated carbocycles. The number of fused-ring (bicyclic) bond motifs is 3. The lowest BCUT2D eigenvalue weighted by Gasteiger charge is -2.11. The molecule has 0 spiro atoms. The van der Waals surface area contributed by atoms with Gasteiger partial charge in [0.25, 0.3) is 10.0 Å². The molecule has 0 saturated heterocycles. The van der Waals surface area contributed by atoms with Gasteiger partial charge in [-0.25, -0.2) is 8.42 Å². The smallest absolute Gasteiger partial charge is 0.262 e. The van der Waals surface area contributed by atoms with E-state index in [2.05, 4.69) is 4.72 Å². The van der Waals surface area contributed by atoms with Gasteiger partial charge in [0.2, 0.25) is 0 Å². The molecular formula is C20H17NO5S. The molecule has 0 aliphatic heterocycles. The summed E-state index contributed by atoms with van der Waals surface area (Å²) in [6.45, 7) is 0. The van der Waals surface area contributed by atoms with Crippen molar-refractivity contribution in [2.45, 2.75) is 4.90 Å². The highest BCUT2D eigenvalue weighted by atomic mass is 32.2. The number of hydrogen-bond acceptors (Lipinski definition) is 5. The number of benzene rings is 3. The monoisotopic (exact) mass is 383 g/mol. The van der Waals surface area contributed by atoms with Crippen molar-refractivity contribution < 1.29 is 22.3 Å². The van der Waals surface area contributed by atoms with Gasteiger partial charge in [-0.05, 0) is 30.3 Å².